The summed E-state index contributed by atoms with van der Waals surface area (Å²) in [5, 5.41) is 18.9. The third-order valence-electron chi connectivity index (χ3n) is 5.81. The van der Waals surface area contributed by atoms with Crippen molar-refractivity contribution in [3.8, 4) is 11.1 Å². The highest BCUT2D eigenvalue weighted by atomic mass is 35.5. The van der Waals surface area contributed by atoms with Gasteiger partial charge in [0.05, 0.1) is 6.54 Å². The number of nitrogens with zero attached hydrogens (tertiary/aromatic N) is 2. The number of nitrogens with one attached hydrogen (secondary N) is 3. The van der Waals surface area contributed by atoms with E-state index in [1.54, 1.807) is 30.5 Å². The first-order valence-corrected chi connectivity index (χ1v) is 11.3. The van der Waals surface area contributed by atoms with Crippen molar-refractivity contribution in [1.82, 2.24) is 20.7 Å². The zero-order chi connectivity index (χ0) is 23.1. The van der Waals surface area contributed by atoms with Crippen molar-refractivity contribution < 1.29 is 5.11 Å². The summed E-state index contributed by atoms with van der Waals surface area (Å²) in [7, 11) is 0. The standard InChI is InChI=1S/C21H17ClN4O2.C4H9N/c22-17-7-5-16(6-8-17)21(27,13-25-26-28)15-3-1-14(2-4-15)18-9-11-23-20-19(18)10-12-24-20;1-2-4-5-3-1/h1-12,27H,13H2,(H,23,24)(H,25,28);5H,1-4H2. The van der Waals surface area contributed by atoms with Crippen molar-refractivity contribution in [3.05, 3.63) is 94.1 Å². The van der Waals surface area contributed by atoms with Gasteiger partial charge in [-0.15, -0.1) is 4.91 Å². The number of halogens is 1. The number of nitroso groups, excluding NO2 is 1. The van der Waals surface area contributed by atoms with Crippen LogP contribution >= 0.6 is 11.6 Å². The highest BCUT2D eigenvalue weighted by Gasteiger charge is 2.31. The van der Waals surface area contributed by atoms with Gasteiger partial charge in [-0.2, -0.15) is 0 Å². The summed E-state index contributed by atoms with van der Waals surface area (Å²) in [6, 6.07) is 18.4. The first-order valence-electron chi connectivity index (χ1n) is 10.9. The number of fused-ring (bicyclic) bond motifs is 1. The lowest BCUT2D eigenvalue weighted by atomic mass is 9.85. The van der Waals surface area contributed by atoms with E-state index in [1.165, 1.54) is 25.9 Å². The lowest BCUT2D eigenvalue weighted by Crippen LogP contribution is -2.37. The van der Waals surface area contributed by atoms with Gasteiger partial charge in [0, 0.05) is 28.1 Å². The van der Waals surface area contributed by atoms with Crippen LogP contribution in [-0.4, -0.2) is 34.7 Å². The summed E-state index contributed by atoms with van der Waals surface area (Å²) in [4.78, 5) is 18.0. The lowest BCUT2D eigenvalue weighted by molar-refractivity contribution is 0.0803. The number of pyridine rings is 1. The van der Waals surface area contributed by atoms with Gasteiger partial charge in [-0.25, -0.2) is 4.98 Å². The number of hydrogen-bond acceptors (Lipinski definition) is 5. The average Bonchev–Trinajstić information content (AvgIpc) is 3.58. The van der Waals surface area contributed by atoms with E-state index >= 15 is 0 Å². The Bertz CT molecular complexity index is 1180. The van der Waals surface area contributed by atoms with Gasteiger partial charge in [-0.3, -0.25) is 5.43 Å². The van der Waals surface area contributed by atoms with E-state index in [0.29, 0.717) is 16.1 Å². The van der Waals surface area contributed by atoms with Crippen LogP contribution in [0.2, 0.25) is 5.02 Å². The Balaban J connectivity index is 0.000000459. The molecule has 2 aromatic carbocycles. The maximum absolute atomic E-state index is 11.4. The van der Waals surface area contributed by atoms with Crippen molar-refractivity contribution >= 4 is 22.6 Å². The Morgan fingerprint density at radius 2 is 1.67 bits per heavy atom. The lowest BCUT2D eigenvalue weighted by Gasteiger charge is -2.28. The minimum atomic E-state index is -1.43. The van der Waals surface area contributed by atoms with Gasteiger partial charge in [-0.1, -0.05) is 48.0 Å². The Morgan fingerprint density at radius 1 is 1.00 bits per heavy atom. The SMILES string of the molecule is C1CCNC1.O=NNCC(O)(c1ccc(Cl)cc1)c1ccc(-c2ccnc3[nH]ccc23)cc1. The van der Waals surface area contributed by atoms with Gasteiger partial charge in [-0.05, 0) is 72.5 Å². The maximum Gasteiger partial charge on any atom is 0.137 e. The molecule has 8 heteroatoms. The first kappa shape index (κ1) is 22.9. The average molecular weight is 464 g/mol. The van der Waals surface area contributed by atoms with Gasteiger partial charge in [0.25, 0.3) is 0 Å². The van der Waals surface area contributed by atoms with E-state index < -0.39 is 5.60 Å². The zero-order valence-corrected chi connectivity index (χ0v) is 18.8. The second-order valence-corrected chi connectivity index (χ2v) is 8.36. The molecule has 4 aromatic rings. The number of benzene rings is 2. The third kappa shape index (κ3) is 5.22. The molecule has 33 heavy (non-hydrogen) atoms. The molecule has 3 heterocycles. The van der Waals surface area contributed by atoms with E-state index in [4.69, 9.17) is 11.6 Å². The number of aromatic amines is 1. The summed E-state index contributed by atoms with van der Waals surface area (Å²) < 4.78 is 0. The molecule has 5 rings (SSSR count). The minimum Gasteiger partial charge on any atom is -0.378 e. The van der Waals surface area contributed by atoms with Crippen LogP contribution in [0.15, 0.2) is 78.3 Å². The van der Waals surface area contributed by atoms with Crippen molar-refractivity contribution in [1.29, 1.82) is 0 Å². The Morgan fingerprint density at radius 3 is 2.27 bits per heavy atom. The Labute approximate surface area is 197 Å². The maximum atomic E-state index is 11.4. The van der Waals surface area contributed by atoms with Gasteiger partial charge < -0.3 is 15.4 Å². The molecule has 170 valence electrons. The first-order chi connectivity index (χ1) is 16.1. The molecule has 7 nitrogen and oxygen atoms in total. The highest BCUT2D eigenvalue weighted by Crippen LogP contribution is 2.33. The fraction of sp³-hybridized carbons (Fsp3) is 0.240. The van der Waals surface area contributed by atoms with Crippen molar-refractivity contribution in [3.63, 3.8) is 0 Å². The Hall–Kier alpha value is -3.26. The van der Waals surface area contributed by atoms with Gasteiger partial charge in [0.15, 0.2) is 0 Å². The van der Waals surface area contributed by atoms with Gasteiger partial charge in [0.2, 0.25) is 0 Å². The van der Waals surface area contributed by atoms with Gasteiger partial charge >= 0.3 is 0 Å². The predicted octanol–water partition coefficient (Wildman–Crippen LogP) is 4.76. The normalized spacial score (nSPS) is 14.8. The third-order valence-corrected chi connectivity index (χ3v) is 6.06. The molecule has 0 aliphatic carbocycles. The van der Waals surface area contributed by atoms with Crippen molar-refractivity contribution in [2.24, 2.45) is 5.29 Å². The number of aliphatic hydroxyl groups is 1. The molecule has 1 aliphatic heterocycles. The number of H-pyrrole nitrogens is 1. The smallest absolute Gasteiger partial charge is 0.137 e. The molecule has 0 saturated carbocycles. The largest absolute Gasteiger partial charge is 0.378 e. The fourth-order valence-electron chi connectivity index (χ4n) is 4.01. The van der Waals surface area contributed by atoms with Crippen LogP contribution in [0.5, 0.6) is 0 Å². The van der Waals surface area contributed by atoms with Crippen molar-refractivity contribution in [2.75, 3.05) is 19.6 Å². The highest BCUT2D eigenvalue weighted by molar-refractivity contribution is 6.30. The van der Waals surface area contributed by atoms with Crippen LogP contribution in [-0.2, 0) is 5.60 Å². The van der Waals surface area contributed by atoms with Crippen LogP contribution in [0.1, 0.15) is 24.0 Å². The summed E-state index contributed by atoms with van der Waals surface area (Å²) >= 11 is 5.97. The van der Waals surface area contributed by atoms with E-state index in [2.05, 4.69) is 26.0 Å². The second kappa shape index (κ2) is 10.6. The van der Waals surface area contributed by atoms with E-state index in [1.807, 2.05) is 42.6 Å². The topological polar surface area (TPSA) is 102 Å². The molecule has 1 unspecified atom stereocenters. The second-order valence-electron chi connectivity index (χ2n) is 7.93. The number of hydrogen-bond donors (Lipinski definition) is 4. The molecule has 1 saturated heterocycles. The number of aromatic nitrogens is 2. The number of rotatable bonds is 6. The molecule has 1 aliphatic rings. The van der Waals surface area contributed by atoms with Crippen molar-refractivity contribution in [2.45, 2.75) is 18.4 Å². The fourth-order valence-corrected chi connectivity index (χ4v) is 4.13. The molecule has 1 fully saturated rings. The van der Waals surface area contributed by atoms with Gasteiger partial charge in [0.1, 0.15) is 11.2 Å². The van der Waals surface area contributed by atoms with E-state index in [9.17, 15) is 10.0 Å². The summed E-state index contributed by atoms with van der Waals surface area (Å²) in [6.45, 7) is 2.44. The van der Waals surface area contributed by atoms with Crippen LogP contribution < -0.4 is 10.7 Å². The predicted molar refractivity (Wildman–Crippen MR) is 132 cm³/mol. The monoisotopic (exact) mass is 463 g/mol. The van der Waals surface area contributed by atoms with Crippen LogP contribution in [0.3, 0.4) is 0 Å². The molecular formula is C25H26ClN5O2. The zero-order valence-electron chi connectivity index (χ0n) is 18.1. The molecule has 0 spiro atoms. The van der Waals surface area contributed by atoms with Crippen LogP contribution in [0, 0.1) is 4.91 Å². The molecule has 1 atom stereocenters. The summed E-state index contributed by atoms with van der Waals surface area (Å²) in [5.41, 5.74) is 5.01. The molecule has 0 bridgehead atoms. The van der Waals surface area contributed by atoms with E-state index in [-0.39, 0.29) is 6.54 Å². The minimum absolute atomic E-state index is 0.0607. The molecular weight excluding hydrogens is 438 g/mol. The molecule has 2 aromatic heterocycles. The molecule has 0 radical (unpaired) electrons. The quantitative estimate of drug-likeness (QED) is 0.244. The summed E-state index contributed by atoms with van der Waals surface area (Å²) in [6.07, 6.45) is 6.39. The molecule has 4 N–H and O–H groups in total. The summed E-state index contributed by atoms with van der Waals surface area (Å²) in [5.74, 6) is 0. The molecule has 0 amide bonds. The van der Waals surface area contributed by atoms with Crippen LogP contribution in [0.25, 0.3) is 22.2 Å². The van der Waals surface area contributed by atoms with Crippen LogP contribution in [0.4, 0.5) is 0 Å². The Kier molecular flexibility index (Phi) is 7.34. The van der Waals surface area contributed by atoms with E-state index in [0.717, 1.165) is 22.2 Å².